The second-order valence-corrected chi connectivity index (χ2v) is 5.32. The van der Waals surface area contributed by atoms with E-state index < -0.39 is 0 Å². The molecule has 0 spiro atoms. The summed E-state index contributed by atoms with van der Waals surface area (Å²) in [5, 5.41) is 3.36. The second kappa shape index (κ2) is 9.25. The average molecular weight is 320 g/mol. The summed E-state index contributed by atoms with van der Waals surface area (Å²) in [6, 6.07) is 8.18. The van der Waals surface area contributed by atoms with Crippen molar-refractivity contribution in [1.29, 1.82) is 0 Å². The summed E-state index contributed by atoms with van der Waals surface area (Å²) in [4.78, 5) is 9.03. The minimum atomic E-state index is 0.705. The van der Waals surface area contributed by atoms with Crippen molar-refractivity contribution in [2.24, 2.45) is 4.99 Å². The number of rotatable bonds is 6. The summed E-state index contributed by atoms with van der Waals surface area (Å²) in [5.74, 6) is 1.88. The summed E-state index contributed by atoms with van der Waals surface area (Å²) in [6.45, 7) is 8.02. The fraction of sp³-hybridized carbons (Fsp3) is 0.588. The first kappa shape index (κ1) is 17.4. The largest absolute Gasteiger partial charge is 0.495 e. The van der Waals surface area contributed by atoms with E-state index in [0.29, 0.717) is 6.61 Å². The summed E-state index contributed by atoms with van der Waals surface area (Å²) in [7, 11) is 3.55. The fourth-order valence-electron chi connectivity index (χ4n) is 2.76. The minimum Gasteiger partial charge on any atom is -0.495 e. The molecule has 0 bridgehead atoms. The molecule has 1 aromatic carbocycles. The summed E-state index contributed by atoms with van der Waals surface area (Å²) < 4.78 is 10.8. The molecule has 0 aromatic heterocycles. The summed E-state index contributed by atoms with van der Waals surface area (Å²) in [5.41, 5.74) is 1.16. The average Bonchev–Trinajstić information content (AvgIpc) is 2.62. The second-order valence-electron chi connectivity index (χ2n) is 5.32. The standard InChI is InChI=1S/C17H28N4O2/c1-4-23-14-9-19-17(18-2)21-12-10-20(11-13-21)15-7-5-6-8-16(15)22-3/h5-8H,4,9-14H2,1-3H3,(H,18,19). The number of anilines is 1. The summed E-state index contributed by atoms with van der Waals surface area (Å²) >= 11 is 0. The van der Waals surface area contributed by atoms with Gasteiger partial charge in [0.05, 0.1) is 19.4 Å². The first-order chi connectivity index (χ1) is 11.3. The van der Waals surface area contributed by atoms with Crippen LogP contribution in [-0.2, 0) is 4.74 Å². The van der Waals surface area contributed by atoms with Crippen LogP contribution in [0.1, 0.15) is 6.92 Å². The number of ether oxygens (including phenoxy) is 2. The van der Waals surface area contributed by atoms with Crippen LogP contribution in [0.25, 0.3) is 0 Å². The van der Waals surface area contributed by atoms with Crippen molar-refractivity contribution in [3.63, 3.8) is 0 Å². The molecular weight excluding hydrogens is 292 g/mol. The third-order valence-corrected chi connectivity index (χ3v) is 3.95. The van der Waals surface area contributed by atoms with E-state index in [2.05, 4.69) is 32.2 Å². The van der Waals surface area contributed by atoms with Crippen molar-refractivity contribution in [3.05, 3.63) is 24.3 Å². The number of guanidine groups is 1. The van der Waals surface area contributed by atoms with Crippen molar-refractivity contribution in [1.82, 2.24) is 10.2 Å². The minimum absolute atomic E-state index is 0.705. The van der Waals surface area contributed by atoms with Crippen LogP contribution in [0.3, 0.4) is 0 Å². The molecule has 23 heavy (non-hydrogen) atoms. The van der Waals surface area contributed by atoms with Gasteiger partial charge in [0.15, 0.2) is 5.96 Å². The molecule has 0 amide bonds. The number of hydrogen-bond donors (Lipinski definition) is 1. The van der Waals surface area contributed by atoms with Crippen molar-refractivity contribution in [2.45, 2.75) is 6.92 Å². The molecule has 0 atom stereocenters. The number of methoxy groups -OCH3 is 1. The Kier molecular flexibility index (Phi) is 7.00. The number of benzene rings is 1. The van der Waals surface area contributed by atoms with Crippen LogP contribution in [0, 0.1) is 0 Å². The Morgan fingerprint density at radius 3 is 2.61 bits per heavy atom. The lowest BCUT2D eigenvalue weighted by Crippen LogP contribution is -2.53. The molecule has 1 aliphatic rings. The van der Waals surface area contributed by atoms with Gasteiger partial charge in [-0.25, -0.2) is 0 Å². The smallest absolute Gasteiger partial charge is 0.193 e. The maximum Gasteiger partial charge on any atom is 0.193 e. The molecule has 1 N–H and O–H groups in total. The third-order valence-electron chi connectivity index (χ3n) is 3.95. The number of para-hydroxylation sites is 2. The molecule has 0 radical (unpaired) electrons. The lowest BCUT2D eigenvalue weighted by Gasteiger charge is -2.38. The number of aliphatic imine (C=N–C) groups is 1. The van der Waals surface area contributed by atoms with Crippen molar-refractivity contribution >= 4 is 11.6 Å². The molecule has 0 unspecified atom stereocenters. The molecule has 0 saturated carbocycles. The maximum absolute atomic E-state index is 5.46. The van der Waals surface area contributed by atoms with E-state index in [0.717, 1.165) is 56.7 Å². The van der Waals surface area contributed by atoms with Crippen LogP contribution in [0.2, 0.25) is 0 Å². The van der Waals surface area contributed by atoms with Gasteiger partial charge < -0.3 is 24.6 Å². The molecule has 6 nitrogen and oxygen atoms in total. The van der Waals surface area contributed by atoms with E-state index in [9.17, 15) is 0 Å². The molecule has 1 fully saturated rings. The Morgan fingerprint density at radius 1 is 1.22 bits per heavy atom. The number of nitrogens with zero attached hydrogens (tertiary/aromatic N) is 3. The normalized spacial score (nSPS) is 15.7. The number of piperazine rings is 1. The highest BCUT2D eigenvalue weighted by atomic mass is 16.5. The lowest BCUT2D eigenvalue weighted by molar-refractivity contribution is 0.151. The van der Waals surface area contributed by atoms with Crippen LogP contribution < -0.4 is 15.0 Å². The quantitative estimate of drug-likeness (QED) is 0.488. The van der Waals surface area contributed by atoms with Crippen molar-refractivity contribution in [3.8, 4) is 5.75 Å². The van der Waals surface area contributed by atoms with Crippen LogP contribution in [-0.4, -0.2) is 71.0 Å². The molecule has 1 aliphatic heterocycles. The predicted molar refractivity (Wildman–Crippen MR) is 94.6 cm³/mol. The zero-order chi connectivity index (χ0) is 16.5. The van der Waals surface area contributed by atoms with E-state index in [1.165, 1.54) is 0 Å². The maximum atomic E-state index is 5.46. The molecule has 2 rings (SSSR count). The Hall–Kier alpha value is -1.95. The monoisotopic (exact) mass is 320 g/mol. The van der Waals surface area contributed by atoms with Crippen molar-refractivity contribution in [2.75, 3.05) is 65.0 Å². The van der Waals surface area contributed by atoms with E-state index in [-0.39, 0.29) is 0 Å². The number of nitrogens with one attached hydrogen (secondary N) is 1. The predicted octanol–water partition coefficient (Wildman–Crippen LogP) is 1.43. The Balaban J connectivity index is 1.87. The first-order valence-corrected chi connectivity index (χ1v) is 8.21. The van der Waals surface area contributed by atoms with E-state index >= 15 is 0 Å². The first-order valence-electron chi connectivity index (χ1n) is 8.21. The molecule has 6 heteroatoms. The van der Waals surface area contributed by atoms with Gasteiger partial charge in [0.1, 0.15) is 5.75 Å². The third kappa shape index (κ3) is 4.76. The highest BCUT2D eigenvalue weighted by Crippen LogP contribution is 2.28. The Bertz CT molecular complexity index is 499. The van der Waals surface area contributed by atoms with Crippen LogP contribution >= 0.6 is 0 Å². The van der Waals surface area contributed by atoms with E-state index in [4.69, 9.17) is 9.47 Å². The highest BCUT2D eigenvalue weighted by molar-refractivity contribution is 5.80. The van der Waals surface area contributed by atoms with E-state index in [1.807, 2.05) is 26.1 Å². The van der Waals surface area contributed by atoms with Gasteiger partial charge in [0.2, 0.25) is 0 Å². The van der Waals surface area contributed by atoms with E-state index in [1.54, 1.807) is 7.11 Å². The van der Waals surface area contributed by atoms with Gasteiger partial charge in [-0.2, -0.15) is 0 Å². The fourth-order valence-corrected chi connectivity index (χ4v) is 2.76. The molecule has 1 saturated heterocycles. The molecule has 128 valence electrons. The zero-order valence-corrected chi connectivity index (χ0v) is 14.4. The molecular formula is C17H28N4O2. The van der Waals surface area contributed by atoms with Gasteiger partial charge in [-0.1, -0.05) is 12.1 Å². The topological polar surface area (TPSA) is 49.3 Å². The van der Waals surface area contributed by atoms with Gasteiger partial charge in [-0.05, 0) is 19.1 Å². The van der Waals surface area contributed by atoms with Crippen molar-refractivity contribution < 1.29 is 9.47 Å². The van der Waals surface area contributed by atoms with Gasteiger partial charge in [0.25, 0.3) is 0 Å². The van der Waals surface area contributed by atoms with Gasteiger partial charge in [0, 0.05) is 46.4 Å². The van der Waals surface area contributed by atoms with Gasteiger partial charge >= 0.3 is 0 Å². The lowest BCUT2D eigenvalue weighted by atomic mass is 10.2. The zero-order valence-electron chi connectivity index (χ0n) is 14.4. The van der Waals surface area contributed by atoms with Crippen LogP contribution in [0.4, 0.5) is 5.69 Å². The molecule has 1 aromatic rings. The number of hydrogen-bond acceptors (Lipinski definition) is 4. The van der Waals surface area contributed by atoms with Crippen LogP contribution in [0.5, 0.6) is 5.75 Å². The SMILES string of the molecule is CCOCCNC(=NC)N1CCN(c2ccccc2OC)CC1. The van der Waals surface area contributed by atoms with Crippen LogP contribution in [0.15, 0.2) is 29.3 Å². The molecule has 1 heterocycles. The van der Waals surface area contributed by atoms with Gasteiger partial charge in [-0.3, -0.25) is 4.99 Å². The Morgan fingerprint density at radius 2 is 1.96 bits per heavy atom. The summed E-state index contributed by atoms with van der Waals surface area (Å²) in [6.07, 6.45) is 0. The molecule has 0 aliphatic carbocycles. The Labute approximate surface area is 139 Å². The highest BCUT2D eigenvalue weighted by Gasteiger charge is 2.21. The van der Waals surface area contributed by atoms with Gasteiger partial charge in [-0.15, -0.1) is 0 Å².